The maximum atomic E-state index is 12.8. The van der Waals surface area contributed by atoms with E-state index in [1.165, 1.54) is 0 Å². The predicted octanol–water partition coefficient (Wildman–Crippen LogP) is -0.489. The van der Waals surface area contributed by atoms with Gasteiger partial charge in [0, 0.05) is 0 Å². The lowest BCUT2D eigenvalue weighted by molar-refractivity contribution is -0.229. The fourth-order valence-electron chi connectivity index (χ4n) is 5.19. The number of benzene rings is 2. The van der Waals surface area contributed by atoms with Gasteiger partial charge in [0.05, 0.1) is 5.73 Å². The minimum Gasteiger partial charge on any atom is -0.393 e. The van der Waals surface area contributed by atoms with E-state index in [-0.39, 0.29) is 6.29 Å². The molecule has 9 heteroatoms. The highest BCUT2D eigenvalue weighted by molar-refractivity contribution is 7.05. The Hall–Kier alpha value is -2.53. The monoisotopic (exact) mass is 502 g/mol. The molecule has 0 heterocycles. The first-order valence-electron chi connectivity index (χ1n) is 11.2. The number of hydrogen-bond donors (Lipinski definition) is 5. The summed E-state index contributed by atoms with van der Waals surface area (Å²) < 4.78 is 0. The molecule has 0 aliphatic heterocycles. The third-order valence-corrected chi connectivity index (χ3v) is 13.1. The van der Waals surface area contributed by atoms with Gasteiger partial charge in [-0.3, -0.25) is 9.59 Å². The largest absolute Gasteiger partial charge is 0.393 e. The van der Waals surface area contributed by atoms with Crippen LogP contribution in [0.25, 0.3) is 0 Å². The number of rotatable bonds is 10. The summed E-state index contributed by atoms with van der Waals surface area (Å²) in [5.41, 5.74) is -8.70. The molecule has 0 aliphatic rings. The van der Waals surface area contributed by atoms with Crippen molar-refractivity contribution in [2.24, 2.45) is 0 Å². The SMILES string of the molecule is CC(=O)[C@@](O)([C@@H](O)C=O)[C@](O)(C(C)=O)[C@H](O)C(O)[Si](c1ccccc1)(c1ccccc1)C(C)(C)C. The standard InChI is InChI=1S/C26H34O8Si/c1-17(28)25(33,21(30)16-27)26(34,18(2)29)22(31)23(32)35(24(3,4)5,19-12-8-6-9-13-19)20-14-10-7-11-15-20/h6-16,21-23,30-34H,1-5H3/t21-,22+,23?,25+,26-/m0/s1. The van der Waals surface area contributed by atoms with Crippen LogP contribution in [0.15, 0.2) is 60.7 Å². The van der Waals surface area contributed by atoms with E-state index < -0.39 is 53.8 Å². The van der Waals surface area contributed by atoms with Gasteiger partial charge in [-0.15, -0.1) is 0 Å². The molecule has 190 valence electrons. The highest BCUT2D eigenvalue weighted by Crippen LogP contribution is 2.42. The minimum absolute atomic E-state index is 0.211. The van der Waals surface area contributed by atoms with E-state index >= 15 is 0 Å². The summed E-state index contributed by atoms with van der Waals surface area (Å²) in [5, 5.41) is 56.9. The number of aliphatic hydroxyl groups is 5. The zero-order valence-corrected chi connectivity index (χ0v) is 21.5. The number of hydrogen-bond acceptors (Lipinski definition) is 8. The number of ketones is 2. The molecular formula is C26H34O8Si. The molecule has 1 unspecified atom stereocenters. The van der Waals surface area contributed by atoms with Crippen LogP contribution in [-0.2, 0) is 14.4 Å². The second kappa shape index (κ2) is 10.2. The summed E-state index contributed by atoms with van der Waals surface area (Å²) >= 11 is 0. The van der Waals surface area contributed by atoms with Crippen molar-refractivity contribution >= 4 is 36.3 Å². The number of carbonyl (C=O) groups excluding carboxylic acids is 3. The van der Waals surface area contributed by atoms with E-state index in [1.54, 1.807) is 60.7 Å². The van der Waals surface area contributed by atoms with Crippen LogP contribution in [0.3, 0.4) is 0 Å². The van der Waals surface area contributed by atoms with Crippen molar-refractivity contribution < 1.29 is 39.9 Å². The van der Waals surface area contributed by atoms with Gasteiger partial charge in [0.2, 0.25) is 0 Å². The van der Waals surface area contributed by atoms with Crippen molar-refractivity contribution in [3.05, 3.63) is 60.7 Å². The van der Waals surface area contributed by atoms with Gasteiger partial charge in [-0.1, -0.05) is 91.8 Å². The fraction of sp³-hybridized carbons (Fsp3) is 0.423. The summed E-state index contributed by atoms with van der Waals surface area (Å²) in [5.74, 6) is -2.64. The van der Waals surface area contributed by atoms with Crippen LogP contribution in [-0.4, -0.2) is 80.6 Å². The second-order valence-electron chi connectivity index (χ2n) is 9.91. The molecule has 35 heavy (non-hydrogen) atoms. The quantitative estimate of drug-likeness (QED) is 0.216. The molecule has 2 rings (SSSR count). The molecule has 0 amide bonds. The van der Waals surface area contributed by atoms with Crippen molar-refractivity contribution in [3.63, 3.8) is 0 Å². The average Bonchev–Trinajstić information content (AvgIpc) is 2.82. The number of aliphatic hydroxyl groups excluding tert-OH is 3. The summed E-state index contributed by atoms with van der Waals surface area (Å²) in [6.07, 6.45) is -5.22. The van der Waals surface area contributed by atoms with Gasteiger partial charge in [0.25, 0.3) is 0 Å². The molecule has 2 aromatic rings. The molecule has 5 N–H and O–H groups in total. The zero-order valence-electron chi connectivity index (χ0n) is 20.5. The molecule has 0 bridgehead atoms. The summed E-state index contributed by atoms with van der Waals surface area (Å²) in [6.45, 7) is 7.10. The average molecular weight is 503 g/mol. The topological polar surface area (TPSA) is 152 Å². The second-order valence-corrected chi connectivity index (χ2v) is 14.8. The van der Waals surface area contributed by atoms with E-state index in [2.05, 4.69) is 0 Å². The Kier molecular flexibility index (Phi) is 8.38. The highest BCUT2D eigenvalue weighted by Gasteiger charge is 2.68. The number of Topliss-reactive ketones (excluding diaryl/α,β-unsaturated/α-hetero) is 2. The molecule has 0 aromatic heterocycles. The summed E-state index contributed by atoms with van der Waals surface area (Å²) in [7, 11) is -3.63. The molecule has 0 saturated carbocycles. The van der Waals surface area contributed by atoms with Crippen LogP contribution < -0.4 is 10.4 Å². The molecule has 0 radical (unpaired) electrons. The maximum absolute atomic E-state index is 12.8. The Morgan fingerprint density at radius 2 is 1.14 bits per heavy atom. The Balaban J connectivity index is 2.97. The van der Waals surface area contributed by atoms with Gasteiger partial charge in [-0.2, -0.15) is 0 Å². The van der Waals surface area contributed by atoms with Crippen LogP contribution in [0.4, 0.5) is 0 Å². The van der Waals surface area contributed by atoms with Gasteiger partial charge in [-0.25, -0.2) is 0 Å². The lowest BCUT2D eigenvalue weighted by Gasteiger charge is -2.52. The van der Waals surface area contributed by atoms with Gasteiger partial charge in [0.15, 0.2) is 37.1 Å². The Morgan fingerprint density at radius 1 is 0.771 bits per heavy atom. The van der Waals surface area contributed by atoms with Crippen molar-refractivity contribution in [3.8, 4) is 0 Å². The normalized spacial score (nSPS) is 18.5. The number of carbonyl (C=O) groups is 3. The van der Waals surface area contributed by atoms with Crippen molar-refractivity contribution in [2.45, 2.75) is 68.8 Å². The van der Waals surface area contributed by atoms with Gasteiger partial charge in [0.1, 0.15) is 12.2 Å². The molecule has 0 aliphatic carbocycles. The zero-order chi connectivity index (χ0) is 26.8. The van der Waals surface area contributed by atoms with E-state index in [0.717, 1.165) is 13.8 Å². The Bertz CT molecular complexity index is 1010. The Morgan fingerprint density at radius 3 is 1.43 bits per heavy atom. The summed E-state index contributed by atoms with van der Waals surface area (Å²) in [4.78, 5) is 36.7. The van der Waals surface area contributed by atoms with E-state index in [4.69, 9.17) is 0 Å². The fourth-order valence-corrected chi connectivity index (χ4v) is 11.0. The van der Waals surface area contributed by atoms with Crippen molar-refractivity contribution in [1.82, 2.24) is 0 Å². The predicted molar refractivity (Wildman–Crippen MR) is 133 cm³/mol. The van der Waals surface area contributed by atoms with E-state index in [0.29, 0.717) is 10.4 Å². The first-order valence-corrected chi connectivity index (χ1v) is 13.3. The van der Waals surface area contributed by atoms with Crippen molar-refractivity contribution in [2.75, 3.05) is 0 Å². The highest BCUT2D eigenvalue weighted by atomic mass is 28.3. The van der Waals surface area contributed by atoms with Gasteiger partial charge < -0.3 is 30.3 Å². The van der Waals surface area contributed by atoms with Crippen LogP contribution in [0.5, 0.6) is 0 Å². The molecule has 0 fully saturated rings. The molecule has 2 aromatic carbocycles. The summed E-state index contributed by atoms with van der Waals surface area (Å²) in [6, 6.07) is 17.6. The molecule has 5 atom stereocenters. The third-order valence-electron chi connectivity index (χ3n) is 7.02. The van der Waals surface area contributed by atoms with Crippen molar-refractivity contribution in [1.29, 1.82) is 0 Å². The first kappa shape index (κ1) is 28.7. The molecule has 8 nitrogen and oxygen atoms in total. The van der Waals surface area contributed by atoms with Gasteiger partial charge in [-0.05, 0) is 18.9 Å². The van der Waals surface area contributed by atoms with E-state index in [9.17, 15) is 39.9 Å². The molecule has 0 spiro atoms. The van der Waals surface area contributed by atoms with Gasteiger partial charge >= 0.3 is 0 Å². The first-order chi connectivity index (χ1) is 16.1. The minimum atomic E-state index is -3.63. The molecular weight excluding hydrogens is 468 g/mol. The Labute approximate surface area is 205 Å². The lowest BCUT2D eigenvalue weighted by atomic mass is 9.70. The maximum Gasteiger partial charge on any atom is 0.194 e. The van der Waals surface area contributed by atoms with Crippen LogP contribution in [0.1, 0.15) is 34.6 Å². The molecule has 0 saturated heterocycles. The van der Waals surface area contributed by atoms with Crippen LogP contribution >= 0.6 is 0 Å². The smallest absolute Gasteiger partial charge is 0.194 e. The van der Waals surface area contributed by atoms with Crippen LogP contribution in [0.2, 0.25) is 5.04 Å². The van der Waals surface area contributed by atoms with Crippen LogP contribution in [0, 0.1) is 0 Å². The lowest BCUT2D eigenvalue weighted by Crippen LogP contribution is -2.81. The number of aldehydes is 1. The third kappa shape index (κ3) is 4.33. The van der Waals surface area contributed by atoms with E-state index in [1.807, 2.05) is 20.8 Å².